The van der Waals surface area contributed by atoms with Crippen molar-refractivity contribution in [2.45, 2.75) is 51.1 Å². The van der Waals surface area contributed by atoms with Crippen LogP contribution in [0.25, 0.3) is 10.9 Å². The molecule has 0 bridgehead atoms. The maximum Gasteiger partial charge on any atom is 0.230 e. The number of hydrogen-bond acceptors (Lipinski definition) is 9. The van der Waals surface area contributed by atoms with E-state index < -0.39 is 18.4 Å². The third-order valence-electron chi connectivity index (χ3n) is 6.11. The van der Waals surface area contributed by atoms with Crippen molar-refractivity contribution in [1.29, 1.82) is 0 Å². The van der Waals surface area contributed by atoms with Crippen LogP contribution in [0.1, 0.15) is 32.7 Å². The molecule has 0 saturated carbocycles. The van der Waals surface area contributed by atoms with Crippen molar-refractivity contribution in [3.63, 3.8) is 0 Å². The van der Waals surface area contributed by atoms with Crippen LogP contribution in [0.15, 0.2) is 24.5 Å². The molecule has 0 aliphatic carbocycles. The molecule has 34 heavy (non-hydrogen) atoms. The molecule has 2 aliphatic heterocycles. The molecule has 3 N–H and O–H groups in total. The molecule has 3 aromatic heterocycles. The summed E-state index contributed by atoms with van der Waals surface area (Å²) in [6.45, 7) is 4.70. The van der Waals surface area contributed by atoms with Crippen molar-refractivity contribution in [3.05, 3.63) is 24.5 Å². The van der Waals surface area contributed by atoms with Gasteiger partial charge < -0.3 is 20.4 Å². The van der Waals surface area contributed by atoms with Gasteiger partial charge in [-0.05, 0) is 26.3 Å². The first-order valence-corrected chi connectivity index (χ1v) is 11.3. The number of aliphatic hydroxyl groups excluding tert-OH is 2. The highest BCUT2D eigenvalue weighted by molar-refractivity contribution is 6.03. The van der Waals surface area contributed by atoms with E-state index in [0.717, 1.165) is 5.52 Å². The highest BCUT2D eigenvalue weighted by atomic mass is 19.1. The molecule has 11 nitrogen and oxygen atoms in total. The lowest BCUT2D eigenvalue weighted by atomic mass is 10.1. The second kappa shape index (κ2) is 8.76. The number of alkyl halides is 1. The molecule has 5 heterocycles. The van der Waals surface area contributed by atoms with Gasteiger partial charge in [-0.1, -0.05) is 0 Å². The van der Waals surface area contributed by atoms with Gasteiger partial charge in [-0.3, -0.25) is 14.4 Å². The maximum absolute atomic E-state index is 14.0. The average molecular weight is 471 g/mol. The molecule has 1 amide bonds. The van der Waals surface area contributed by atoms with Crippen LogP contribution in [0.5, 0.6) is 0 Å². The van der Waals surface area contributed by atoms with Gasteiger partial charge >= 0.3 is 0 Å². The Bertz CT molecular complexity index is 1220. The first kappa shape index (κ1) is 22.4. The molecule has 0 aromatic carbocycles. The molecule has 3 aromatic rings. The van der Waals surface area contributed by atoms with Gasteiger partial charge in [0.1, 0.15) is 17.8 Å². The largest absolute Gasteiger partial charge is 0.391 e. The number of amides is 1. The number of β-amino-alcohol motifs (C(OH)–C–C–N with tert-alkyl or cyclic N) is 1. The summed E-state index contributed by atoms with van der Waals surface area (Å²) < 4.78 is 15.8. The molecular weight excluding hydrogens is 443 g/mol. The van der Waals surface area contributed by atoms with E-state index in [4.69, 9.17) is 0 Å². The zero-order valence-corrected chi connectivity index (χ0v) is 19.0. The lowest BCUT2D eigenvalue weighted by Crippen LogP contribution is -2.45. The van der Waals surface area contributed by atoms with Crippen LogP contribution in [0, 0.1) is 0 Å². The summed E-state index contributed by atoms with van der Waals surface area (Å²) in [5.74, 6) is 1.71. The molecule has 2 aliphatic rings. The van der Waals surface area contributed by atoms with Crippen molar-refractivity contribution in [2.75, 3.05) is 34.8 Å². The number of carbonyl (C=O) groups is 1. The van der Waals surface area contributed by atoms with E-state index in [1.165, 1.54) is 4.90 Å². The Balaban J connectivity index is 1.43. The summed E-state index contributed by atoms with van der Waals surface area (Å²) in [6.07, 6.45) is 0.636. The van der Waals surface area contributed by atoms with E-state index in [-0.39, 0.29) is 31.5 Å². The third-order valence-corrected chi connectivity index (χ3v) is 6.11. The molecule has 0 spiro atoms. The number of hydrogen-bond donors (Lipinski definition) is 3. The minimum atomic E-state index is -1.34. The Morgan fingerprint density at radius 1 is 1.21 bits per heavy atom. The Morgan fingerprint density at radius 2 is 2.03 bits per heavy atom. The van der Waals surface area contributed by atoms with E-state index in [1.807, 2.05) is 24.6 Å². The van der Waals surface area contributed by atoms with Crippen LogP contribution < -0.4 is 15.1 Å². The number of piperidine rings is 1. The van der Waals surface area contributed by atoms with Crippen LogP contribution in [-0.2, 0) is 4.79 Å². The summed E-state index contributed by atoms with van der Waals surface area (Å²) >= 11 is 0. The fourth-order valence-corrected chi connectivity index (χ4v) is 4.35. The number of aliphatic hydroxyl groups is 2. The SMILES string of the molecule is CC(C)n1nc(N2CC(O)CC2=O)c2cnc(Nc3ccnc(N4CC[C@H](O)[C@H](F)C4)n3)cc21. The maximum atomic E-state index is 14.0. The number of rotatable bonds is 5. The van der Waals surface area contributed by atoms with E-state index in [9.17, 15) is 19.4 Å². The summed E-state index contributed by atoms with van der Waals surface area (Å²) in [6, 6.07) is 3.55. The standard InChI is InChI=1S/C22H27FN8O3/c1-12(2)31-16-8-19(25-9-14(16)21(28-31)30-10-13(32)7-20(30)34)26-18-3-5-24-22(27-18)29-6-4-17(33)15(23)11-29/h3,5,8-9,12-13,15,17,32-33H,4,6-7,10-11H2,1-2H3,(H,24,25,26,27)/t13?,15-,17+/m1/s1. The molecule has 180 valence electrons. The highest BCUT2D eigenvalue weighted by Gasteiger charge is 2.33. The monoisotopic (exact) mass is 470 g/mol. The van der Waals surface area contributed by atoms with Crippen molar-refractivity contribution in [2.24, 2.45) is 0 Å². The number of pyridine rings is 1. The topological polar surface area (TPSA) is 133 Å². The lowest BCUT2D eigenvalue weighted by Gasteiger charge is -2.32. The Labute approximate surface area is 195 Å². The van der Waals surface area contributed by atoms with Gasteiger partial charge in [0.05, 0.1) is 42.6 Å². The minimum Gasteiger partial charge on any atom is -0.391 e. The smallest absolute Gasteiger partial charge is 0.230 e. The number of nitrogens with zero attached hydrogens (tertiary/aromatic N) is 7. The van der Waals surface area contributed by atoms with Gasteiger partial charge in [-0.2, -0.15) is 10.1 Å². The van der Waals surface area contributed by atoms with Gasteiger partial charge in [0, 0.05) is 31.0 Å². The molecule has 5 rings (SSSR count). The van der Waals surface area contributed by atoms with E-state index >= 15 is 0 Å². The van der Waals surface area contributed by atoms with Crippen molar-refractivity contribution < 1.29 is 19.4 Å². The number of aromatic nitrogens is 5. The predicted octanol–water partition coefficient (Wildman–Crippen LogP) is 1.55. The average Bonchev–Trinajstić information content (AvgIpc) is 3.34. The Morgan fingerprint density at radius 3 is 2.74 bits per heavy atom. The zero-order valence-electron chi connectivity index (χ0n) is 19.0. The fourth-order valence-electron chi connectivity index (χ4n) is 4.35. The molecule has 1 unspecified atom stereocenters. The molecule has 12 heteroatoms. The van der Waals surface area contributed by atoms with Crippen LogP contribution >= 0.6 is 0 Å². The van der Waals surface area contributed by atoms with Gasteiger partial charge in [-0.25, -0.2) is 14.4 Å². The van der Waals surface area contributed by atoms with Gasteiger partial charge in [0.15, 0.2) is 5.82 Å². The van der Waals surface area contributed by atoms with E-state index in [2.05, 4.69) is 25.4 Å². The second-order valence-electron chi connectivity index (χ2n) is 9.00. The van der Waals surface area contributed by atoms with E-state index in [1.54, 1.807) is 23.4 Å². The third kappa shape index (κ3) is 4.14. The Kier molecular flexibility index (Phi) is 5.78. The molecule has 3 atom stereocenters. The van der Waals surface area contributed by atoms with Gasteiger partial charge in [-0.15, -0.1) is 0 Å². The van der Waals surface area contributed by atoms with Crippen LogP contribution in [-0.4, -0.2) is 78.9 Å². The van der Waals surface area contributed by atoms with Gasteiger partial charge in [0.25, 0.3) is 0 Å². The summed E-state index contributed by atoms with van der Waals surface area (Å²) in [5, 5.41) is 28.1. The van der Waals surface area contributed by atoms with Gasteiger partial charge in [0.2, 0.25) is 11.9 Å². The number of halogens is 1. The summed E-state index contributed by atoms with van der Waals surface area (Å²) in [5.41, 5.74) is 0.788. The molecule has 2 saturated heterocycles. The normalized spacial score (nSPS) is 23.4. The molecule has 2 fully saturated rings. The van der Waals surface area contributed by atoms with Crippen LogP contribution in [0.2, 0.25) is 0 Å². The van der Waals surface area contributed by atoms with E-state index in [0.29, 0.717) is 41.8 Å². The summed E-state index contributed by atoms with van der Waals surface area (Å²) in [4.78, 5) is 28.8. The Hall–Kier alpha value is -3.38. The number of nitrogens with one attached hydrogen (secondary N) is 1. The van der Waals surface area contributed by atoms with Crippen LogP contribution in [0.3, 0.4) is 0 Å². The zero-order chi connectivity index (χ0) is 24.0. The number of fused-ring (bicyclic) bond motifs is 1. The minimum absolute atomic E-state index is 0.0304. The van der Waals surface area contributed by atoms with Crippen molar-refractivity contribution in [3.8, 4) is 0 Å². The number of carbonyl (C=O) groups excluding carboxylic acids is 1. The predicted molar refractivity (Wildman–Crippen MR) is 124 cm³/mol. The first-order chi connectivity index (χ1) is 16.3. The first-order valence-electron chi connectivity index (χ1n) is 11.3. The number of anilines is 4. The highest BCUT2D eigenvalue weighted by Crippen LogP contribution is 2.32. The lowest BCUT2D eigenvalue weighted by molar-refractivity contribution is -0.117. The fraction of sp³-hybridized carbons (Fsp3) is 0.500. The molecular formula is C22H27FN8O3. The van der Waals surface area contributed by atoms with Crippen LogP contribution in [0.4, 0.5) is 27.8 Å². The van der Waals surface area contributed by atoms with Crippen molar-refractivity contribution >= 4 is 40.2 Å². The quantitative estimate of drug-likeness (QED) is 0.508. The molecule has 0 radical (unpaired) electrons. The summed E-state index contributed by atoms with van der Waals surface area (Å²) in [7, 11) is 0. The van der Waals surface area contributed by atoms with Crippen molar-refractivity contribution in [1.82, 2.24) is 24.7 Å². The second-order valence-corrected chi connectivity index (χ2v) is 9.00.